The Morgan fingerprint density at radius 1 is 0.941 bits per heavy atom. The molecule has 0 aliphatic carbocycles. The van der Waals surface area contributed by atoms with Gasteiger partial charge in [0.2, 0.25) is 0 Å². The van der Waals surface area contributed by atoms with E-state index in [9.17, 15) is 0 Å². The molecule has 0 bridgehead atoms. The quantitative estimate of drug-likeness (QED) is 0.454. The Balaban J connectivity index is 1.55. The van der Waals surface area contributed by atoms with Gasteiger partial charge in [-0.05, 0) is 60.9 Å². The van der Waals surface area contributed by atoms with Crippen LogP contribution in [0.4, 0.5) is 11.4 Å². The number of anilines is 1. The van der Waals surface area contributed by atoms with Crippen LogP contribution in [0.5, 0.6) is 0 Å². The molecule has 5 rings (SSSR count). The number of quaternary nitrogens is 1. The van der Waals surface area contributed by atoms with Crippen LogP contribution >= 0.6 is 0 Å². The van der Waals surface area contributed by atoms with Crippen molar-refractivity contribution in [2.24, 2.45) is 0 Å². The molecule has 2 unspecified atom stereocenters. The monoisotopic (exact) mass is 451 g/mol. The molecule has 0 amide bonds. The first kappa shape index (κ1) is 22.9. The van der Waals surface area contributed by atoms with E-state index in [1.807, 2.05) is 0 Å². The normalized spacial score (nSPS) is 23.7. The van der Waals surface area contributed by atoms with Crippen LogP contribution in [0.15, 0.2) is 84.6 Å². The molecule has 3 aromatic carbocycles. The first-order valence-corrected chi connectivity index (χ1v) is 12.9. The van der Waals surface area contributed by atoms with Gasteiger partial charge in [-0.3, -0.25) is 4.90 Å². The highest BCUT2D eigenvalue weighted by atomic mass is 15.2. The molecule has 34 heavy (non-hydrogen) atoms. The SMILES string of the molecule is CCCCN1C(=CC=CC2[NH+](C)c3ccccc3C2(C)C)C(C)(C)c2c1ccc1ccccc21. The van der Waals surface area contributed by atoms with Crippen molar-refractivity contribution in [3.05, 3.63) is 95.7 Å². The zero-order chi connectivity index (χ0) is 24.1. The highest BCUT2D eigenvalue weighted by Crippen LogP contribution is 2.50. The van der Waals surface area contributed by atoms with Crippen molar-refractivity contribution in [3.8, 4) is 0 Å². The van der Waals surface area contributed by atoms with Gasteiger partial charge >= 0.3 is 0 Å². The lowest BCUT2D eigenvalue weighted by Crippen LogP contribution is -3.07. The molecule has 3 aromatic rings. The van der Waals surface area contributed by atoms with E-state index >= 15 is 0 Å². The number of allylic oxidation sites excluding steroid dienone is 3. The van der Waals surface area contributed by atoms with Gasteiger partial charge < -0.3 is 4.90 Å². The number of para-hydroxylation sites is 1. The third kappa shape index (κ3) is 3.43. The molecule has 1 N–H and O–H groups in total. The van der Waals surface area contributed by atoms with Crippen LogP contribution in [-0.2, 0) is 10.8 Å². The van der Waals surface area contributed by atoms with Gasteiger partial charge in [-0.15, -0.1) is 0 Å². The maximum Gasteiger partial charge on any atom is 0.135 e. The maximum atomic E-state index is 2.58. The molecule has 0 spiro atoms. The smallest absolute Gasteiger partial charge is 0.135 e. The summed E-state index contributed by atoms with van der Waals surface area (Å²) in [4.78, 5) is 4.07. The average molecular weight is 452 g/mol. The fraction of sp³-hybridized carbons (Fsp3) is 0.375. The van der Waals surface area contributed by atoms with Gasteiger partial charge in [0.15, 0.2) is 0 Å². The summed E-state index contributed by atoms with van der Waals surface area (Å²) in [5.74, 6) is 0. The molecule has 0 radical (unpaired) electrons. The third-order valence-corrected chi connectivity index (χ3v) is 8.34. The summed E-state index contributed by atoms with van der Waals surface area (Å²) < 4.78 is 0. The summed E-state index contributed by atoms with van der Waals surface area (Å²) in [6.45, 7) is 12.9. The molecule has 176 valence electrons. The van der Waals surface area contributed by atoms with E-state index in [1.165, 1.54) is 56.7 Å². The van der Waals surface area contributed by atoms with Crippen molar-refractivity contribution in [2.45, 2.75) is 64.3 Å². The lowest BCUT2D eigenvalue weighted by Gasteiger charge is -2.27. The van der Waals surface area contributed by atoms with Crippen molar-refractivity contribution in [1.82, 2.24) is 0 Å². The van der Waals surface area contributed by atoms with E-state index in [4.69, 9.17) is 0 Å². The van der Waals surface area contributed by atoms with Crippen LogP contribution in [0.3, 0.4) is 0 Å². The fourth-order valence-electron chi connectivity index (χ4n) is 6.50. The van der Waals surface area contributed by atoms with Gasteiger partial charge in [-0.2, -0.15) is 0 Å². The summed E-state index contributed by atoms with van der Waals surface area (Å²) in [5, 5.41) is 2.72. The molecular weight excluding hydrogens is 412 g/mol. The molecule has 2 nitrogen and oxygen atoms in total. The number of likely N-dealkylation sites (N-methyl/N-ethyl adjacent to an activating group) is 1. The Morgan fingerprint density at radius 2 is 1.68 bits per heavy atom. The summed E-state index contributed by atoms with van der Waals surface area (Å²) in [5.41, 5.74) is 7.24. The Hall–Kier alpha value is -2.84. The van der Waals surface area contributed by atoms with Crippen LogP contribution in [0, 0.1) is 0 Å². The Morgan fingerprint density at radius 3 is 2.44 bits per heavy atom. The number of hydrogen-bond acceptors (Lipinski definition) is 1. The van der Waals surface area contributed by atoms with Crippen LogP contribution < -0.4 is 9.80 Å². The first-order chi connectivity index (χ1) is 16.3. The minimum Gasteiger partial charge on any atom is -0.344 e. The van der Waals surface area contributed by atoms with Gasteiger partial charge in [-0.1, -0.05) is 81.8 Å². The Bertz CT molecular complexity index is 1280. The lowest BCUT2D eigenvalue weighted by atomic mass is 9.80. The summed E-state index contributed by atoms with van der Waals surface area (Å²) in [6.07, 6.45) is 9.58. The fourth-order valence-corrected chi connectivity index (χ4v) is 6.50. The second kappa shape index (κ2) is 8.43. The molecular formula is C32H39N2+. The number of nitrogens with zero attached hydrogens (tertiary/aromatic N) is 1. The zero-order valence-electron chi connectivity index (χ0n) is 21.7. The number of benzene rings is 3. The second-order valence-electron chi connectivity index (χ2n) is 11.2. The van der Waals surface area contributed by atoms with E-state index in [1.54, 1.807) is 0 Å². The number of hydrogen-bond donors (Lipinski definition) is 1. The molecule has 0 saturated carbocycles. The van der Waals surface area contributed by atoms with Gasteiger partial charge in [0.1, 0.15) is 11.7 Å². The Kier molecular flexibility index (Phi) is 5.68. The lowest BCUT2D eigenvalue weighted by molar-refractivity contribution is -0.828. The van der Waals surface area contributed by atoms with Gasteiger partial charge in [-0.25, -0.2) is 0 Å². The molecule has 2 aliphatic heterocycles. The average Bonchev–Trinajstić information content (AvgIpc) is 3.17. The van der Waals surface area contributed by atoms with E-state index in [-0.39, 0.29) is 10.8 Å². The third-order valence-electron chi connectivity index (χ3n) is 8.34. The van der Waals surface area contributed by atoms with Gasteiger partial charge in [0, 0.05) is 28.9 Å². The summed E-state index contributed by atoms with van der Waals surface area (Å²) in [7, 11) is 2.31. The minimum atomic E-state index is -0.0405. The molecule has 0 saturated heterocycles. The molecule has 0 fully saturated rings. The molecule has 2 aliphatic rings. The molecule has 0 aromatic heterocycles. The van der Waals surface area contributed by atoms with E-state index in [0.29, 0.717) is 6.04 Å². The van der Waals surface area contributed by atoms with E-state index in [0.717, 1.165) is 6.54 Å². The topological polar surface area (TPSA) is 7.68 Å². The van der Waals surface area contributed by atoms with Crippen LogP contribution in [0.25, 0.3) is 10.8 Å². The van der Waals surface area contributed by atoms with Gasteiger partial charge in [0.05, 0.1) is 12.5 Å². The predicted molar refractivity (Wildman–Crippen MR) is 146 cm³/mol. The minimum absolute atomic E-state index is 0.0405. The Labute approximate surface area is 205 Å². The number of unbranched alkanes of at least 4 members (excludes halogenated alkanes) is 1. The summed E-state index contributed by atoms with van der Waals surface area (Å²) in [6, 6.07) is 22.8. The standard InChI is InChI=1S/C32H38N2/c1-7-8-22-34-27-21-20-23-14-9-10-15-24(23)30(27)32(4,5)29(34)19-13-18-28-31(2,3)25-16-11-12-17-26(25)33(28)6/h9-21,28H,7-8,22H2,1-6H3/p+1. The van der Waals surface area contributed by atoms with Crippen molar-refractivity contribution in [2.75, 3.05) is 18.5 Å². The largest absolute Gasteiger partial charge is 0.344 e. The number of nitrogens with one attached hydrogen (secondary N) is 1. The van der Waals surface area contributed by atoms with Crippen LogP contribution in [-0.4, -0.2) is 19.6 Å². The van der Waals surface area contributed by atoms with Gasteiger partial charge in [0.25, 0.3) is 0 Å². The van der Waals surface area contributed by atoms with Crippen LogP contribution in [0.1, 0.15) is 58.6 Å². The molecule has 2 heterocycles. The van der Waals surface area contributed by atoms with Crippen molar-refractivity contribution >= 4 is 22.1 Å². The second-order valence-corrected chi connectivity index (χ2v) is 11.2. The molecule has 2 atom stereocenters. The predicted octanol–water partition coefficient (Wildman–Crippen LogP) is 6.68. The zero-order valence-corrected chi connectivity index (χ0v) is 21.7. The van der Waals surface area contributed by atoms with Crippen molar-refractivity contribution in [3.63, 3.8) is 0 Å². The maximum absolute atomic E-state index is 2.58. The number of rotatable bonds is 5. The number of fused-ring (bicyclic) bond motifs is 4. The summed E-state index contributed by atoms with van der Waals surface area (Å²) >= 11 is 0. The van der Waals surface area contributed by atoms with Crippen LogP contribution in [0.2, 0.25) is 0 Å². The van der Waals surface area contributed by atoms with Crippen molar-refractivity contribution < 1.29 is 4.90 Å². The molecule has 2 heteroatoms. The highest BCUT2D eigenvalue weighted by molar-refractivity contribution is 5.94. The van der Waals surface area contributed by atoms with Crippen molar-refractivity contribution in [1.29, 1.82) is 0 Å². The first-order valence-electron chi connectivity index (χ1n) is 12.9. The van der Waals surface area contributed by atoms with E-state index < -0.39 is 0 Å². The van der Waals surface area contributed by atoms with E-state index in [2.05, 4.69) is 125 Å². The highest BCUT2D eigenvalue weighted by Gasteiger charge is 2.46.